The summed E-state index contributed by atoms with van der Waals surface area (Å²) in [5.41, 5.74) is 2.36. The Morgan fingerprint density at radius 2 is 2.08 bits per heavy atom. The zero-order valence-electron chi connectivity index (χ0n) is 13.9. The van der Waals surface area contributed by atoms with Crippen molar-refractivity contribution >= 4 is 50.5 Å². The summed E-state index contributed by atoms with van der Waals surface area (Å²) in [4.78, 5) is 19.4. The van der Waals surface area contributed by atoms with E-state index in [4.69, 9.17) is 0 Å². The van der Waals surface area contributed by atoms with Crippen LogP contribution in [-0.2, 0) is 4.79 Å². The largest absolute Gasteiger partial charge is 0.506 e. The van der Waals surface area contributed by atoms with Crippen LogP contribution in [0.2, 0.25) is 0 Å². The van der Waals surface area contributed by atoms with Gasteiger partial charge in [0.15, 0.2) is 5.17 Å². The van der Waals surface area contributed by atoms with Gasteiger partial charge in [-0.05, 0) is 67.1 Å². The minimum Gasteiger partial charge on any atom is -0.506 e. The molecule has 2 aromatic carbocycles. The molecule has 0 radical (unpaired) electrons. The van der Waals surface area contributed by atoms with Crippen molar-refractivity contribution in [2.75, 3.05) is 6.54 Å². The highest BCUT2D eigenvalue weighted by atomic mass is 79.9. The van der Waals surface area contributed by atoms with Crippen LogP contribution in [0.4, 0.5) is 5.69 Å². The van der Waals surface area contributed by atoms with Crippen molar-refractivity contribution in [3.05, 3.63) is 63.0 Å². The Kier molecular flexibility index (Phi) is 5.30. The Balaban J connectivity index is 1.96. The van der Waals surface area contributed by atoms with E-state index in [2.05, 4.69) is 20.9 Å². The van der Waals surface area contributed by atoms with Gasteiger partial charge in [-0.1, -0.05) is 34.1 Å². The van der Waals surface area contributed by atoms with E-state index in [-0.39, 0.29) is 11.7 Å². The number of phenolic OH excluding ortho intramolecular Hbond substituents is 1. The molecule has 0 aromatic heterocycles. The Morgan fingerprint density at radius 1 is 1.28 bits per heavy atom. The van der Waals surface area contributed by atoms with Crippen molar-refractivity contribution in [2.45, 2.75) is 13.8 Å². The Labute approximate surface area is 159 Å². The van der Waals surface area contributed by atoms with Crippen molar-refractivity contribution in [1.82, 2.24) is 4.90 Å². The number of benzene rings is 2. The molecular formula is C19H17BrN2O2S. The minimum atomic E-state index is -0.0715. The molecule has 1 aliphatic rings. The molecule has 0 unspecified atom stereocenters. The SMILES string of the molecule is CCN1C(=O)/C(=C/c2cccc(Br)c2)SC1=Nc1ccc(C)cc1O. The predicted molar refractivity (Wildman–Crippen MR) is 107 cm³/mol. The fourth-order valence-electron chi connectivity index (χ4n) is 2.45. The normalized spacial score (nSPS) is 17.7. The van der Waals surface area contributed by atoms with Crippen LogP contribution in [0.5, 0.6) is 5.75 Å². The van der Waals surface area contributed by atoms with Gasteiger partial charge in [0, 0.05) is 11.0 Å². The molecule has 1 amide bonds. The maximum Gasteiger partial charge on any atom is 0.266 e. The number of aliphatic imine (C=N–C) groups is 1. The molecule has 1 N–H and O–H groups in total. The summed E-state index contributed by atoms with van der Waals surface area (Å²) >= 11 is 4.76. The molecule has 2 aromatic rings. The second-order valence-electron chi connectivity index (χ2n) is 5.60. The fraction of sp³-hybridized carbons (Fsp3) is 0.158. The second kappa shape index (κ2) is 7.45. The molecule has 6 heteroatoms. The van der Waals surface area contributed by atoms with Gasteiger partial charge in [0.1, 0.15) is 11.4 Å². The van der Waals surface area contributed by atoms with Gasteiger partial charge in [0.25, 0.3) is 5.91 Å². The average molecular weight is 417 g/mol. The van der Waals surface area contributed by atoms with Crippen molar-refractivity contribution in [3.63, 3.8) is 0 Å². The van der Waals surface area contributed by atoms with E-state index < -0.39 is 0 Å². The smallest absolute Gasteiger partial charge is 0.266 e. The summed E-state index contributed by atoms with van der Waals surface area (Å²) in [6.45, 7) is 4.33. The number of hydrogen-bond donors (Lipinski definition) is 1. The number of nitrogens with zero attached hydrogens (tertiary/aromatic N) is 2. The van der Waals surface area contributed by atoms with E-state index in [1.165, 1.54) is 11.8 Å². The number of aromatic hydroxyl groups is 1. The maximum absolute atomic E-state index is 12.6. The number of halogens is 1. The van der Waals surface area contributed by atoms with E-state index >= 15 is 0 Å². The van der Waals surface area contributed by atoms with Crippen LogP contribution in [0.3, 0.4) is 0 Å². The molecule has 1 aliphatic heterocycles. The predicted octanol–water partition coefficient (Wildman–Crippen LogP) is 5.09. The average Bonchev–Trinajstić information content (AvgIpc) is 2.85. The highest BCUT2D eigenvalue weighted by molar-refractivity contribution is 9.10. The first-order chi connectivity index (χ1) is 12.0. The molecular weight excluding hydrogens is 400 g/mol. The number of rotatable bonds is 3. The Morgan fingerprint density at radius 3 is 2.76 bits per heavy atom. The zero-order chi connectivity index (χ0) is 18.0. The molecule has 1 heterocycles. The summed E-state index contributed by atoms with van der Waals surface area (Å²) in [6, 6.07) is 13.1. The first-order valence-corrected chi connectivity index (χ1v) is 9.44. The third-order valence-electron chi connectivity index (χ3n) is 3.70. The molecule has 128 valence electrons. The number of carbonyl (C=O) groups is 1. The number of hydrogen-bond acceptors (Lipinski definition) is 4. The fourth-order valence-corrected chi connectivity index (χ4v) is 3.92. The van der Waals surface area contributed by atoms with Crippen LogP contribution in [0.1, 0.15) is 18.1 Å². The maximum atomic E-state index is 12.6. The van der Waals surface area contributed by atoms with E-state index in [9.17, 15) is 9.90 Å². The lowest BCUT2D eigenvalue weighted by atomic mass is 10.2. The monoisotopic (exact) mass is 416 g/mol. The molecule has 0 aliphatic carbocycles. The number of amides is 1. The van der Waals surface area contributed by atoms with E-state index in [1.54, 1.807) is 17.0 Å². The van der Waals surface area contributed by atoms with Crippen LogP contribution >= 0.6 is 27.7 Å². The van der Waals surface area contributed by atoms with Gasteiger partial charge in [0.2, 0.25) is 0 Å². The lowest BCUT2D eigenvalue weighted by Gasteiger charge is -2.12. The quantitative estimate of drug-likeness (QED) is 0.708. The van der Waals surface area contributed by atoms with Gasteiger partial charge in [-0.15, -0.1) is 0 Å². The number of aryl methyl sites for hydroxylation is 1. The van der Waals surface area contributed by atoms with E-state index in [1.807, 2.05) is 50.3 Å². The Bertz CT molecular complexity index is 893. The van der Waals surface area contributed by atoms with Gasteiger partial charge >= 0.3 is 0 Å². The first kappa shape index (κ1) is 17.8. The summed E-state index contributed by atoms with van der Waals surface area (Å²) < 4.78 is 0.961. The molecule has 0 bridgehead atoms. The number of amidine groups is 1. The molecule has 1 fully saturated rings. The molecule has 4 nitrogen and oxygen atoms in total. The van der Waals surface area contributed by atoms with Crippen LogP contribution < -0.4 is 0 Å². The number of carbonyl (C=O) groups excluding carboxylic acids is 1. The van der Waals surface area contributed by atoms with Gasteiger partial charge in [0.05, 0.1) is 4.91 Å². The van der Waals surface area contributed by atoms with E-state index in [0.29, 0.717) is 22.3 Å². The molecule has 0 saturated carbocycles. The zero-order valence-corrected chi connectivity index (χ0v) is 16.3. The highest BCUT2D eigenvalue weighted by Crippen LogP contribution is 2.36. The number of thioether (sulfide) groups is 1. The molecule has 3 rings (SSSR count). The Hall–Kier alpha value is -2.05. The summed E-state index contributed by atoms with van der Waals surface area (Å²) in [5, 5.41) is 10.6. The molecule has 0 atom stereocenters. The van der Waals surface area contributed by atoms with Crippen LogP contribution in [0.25, 0.3) is 6.08 Å². The summed E-state index contributed by atoms with van der Waals surface area (Å²) in [7, 11) is 0. The standard InChI is InChI=1S/C19H17BrN2O2S/c1-3-22-18(24)17(11-13-5-4-6-14(20)10-13)25-19(22)21-15-8-7-12(2)9-16(15)23/h4-11,23H,3H2,1-2H3/b17-11-,21-19?. The third kappa shape index (κ3) is 3.96. The van der Waals surface area contributed by atoms with Crippen molar-refractivity contribution in [3.8, 4) is 5.75 Å². The molecule has 25 heavy (non-hydrogen) atoms. The highest BCUT2D eigenvalue weighted by Gasteiger charge is 2.32. The first-order valence-electron chi connectivity index (χ1n) is 7.83. The van der Waals surface area contributed by atoms with Gasteiger partial charge in [-0.2, -0.15) is 0 Å². The number of phenols is 1. The van der Waals surface area contributed by atoms with Crippen LogP contribution in [0.15, 0.2) is 56.8 Å². The van der Waals surface area contributed by atoms with Gasteiger partial charge < -0.3 is 5.11 Å². The number of likely N-dealkylation sites (N-methyl/N-ethyl adjacent to an activating group) is 1. The lowest BCUT2D eigenvalue weighted by Crippen LogP contribution is -2.28. The third-order valence-corrected chi connectivity index (χ3v) is 5.20. The second-order valence-corrected chi connectivity index (χ2v) is 7.53. The summed E-state index contributed by atoms with van der Waals surface area (Å²) in [6.07, 6.45) is 1.86. The topological polar surface area (TPSA) is 52.9 Å². The minimum absolute atomic E-state index is 0.0715. The van der Waals surface area contributed by atoms with Crippen molar-refractivity contribution < 1.29 is 9.90 Å². The lowest BCUT2D eigenvalue weighted by molar-refractivity contribution is -0.122. The molecule has 0 spiro atoms. The molecule has 1 saturated heterocycles. The van der Waals surface area contributed by atoms with Crippen LogP contribution in [0, 0.1) is 6.92 Å². The van der Waals surface area contributed by atoms with Gasteiger partial charge in [-0.3, -0.25) is 9.69 Å². The van der Waals surface area contributed by atoms with Gasteiger partial charge in [-0.25, -0.2) is 4.99 Å². The summed E-state index contributed by atoms with van der Waals surface area (Å²) in [5.74, 6) is 0.0406. The van der Waals surface area contributed by atoms with Crippen molar-refractivity contribution in [1.29, 1.82) is 0 Å². The van der Waals surface area contributed by atoms with Crippen molar-refractivity contribution in [2.24, 2.45) is 4.99 Å². The van der Waals surface area contributed by atoms with E-state index in [0.717, 1.165) is 15.6 Å². The van der Waals surface area contributed by atoms with Crippen LogP contribution in [-0.4, -0.2) is 27.6 Å².